The minimum atomic E-state index is -6.77. The lowest BCUT2D eigenvalue weighted by Gasteiger charge is -2.43. The van der Waals surface area contributed by atoms with Gasteiger partial charge in [0.1, 0.15) is 18.1 Å². The summed E-state index contributed by atoms with van der Waals surface area (Å²) in [5.74, 6) is -9.35. The summed E-state index contributed by atoms with van der Waals surface area (Å²) in [4.78, 5) is 120. The Morgan fingerprint density at radius 2 is 0.750 bits per heavy atom. The lowest BCUT2D eigenvalue weighted by molar-refractivity contribution is -0.186. The largest absolute Gasteiger partial charge is 0.446 e. The smallest absolute Gasteiger partial charge is 0.380 e. The van der Waals surface area contributed by atoms with E-state index in [0.717, 1.165) is 41.5 Å². The average Bonchev–Trinajstić information content (AvgIpc) is 3.24. The van der Waals surface area contributed by atoms with E-state index in [1.807, 2.05) is 0 Å². The molecule has 0 aliphatic heterocycles. The van der Waals surface area contributed by atoms with Crippen molar-refractivity contribution in [3.8, 4) is 0 Å². The molecule has 0 radical (unpaired) electrons. The first-order valence-corrected chi connectivity index (χ1v) is 28.3. The van der Waals surface area contributed by atoms with Gasteiger partial charge in [0.05, 0.1) is 0 Å². The summed E-state index contributed by atoms with van der Waals surface area (Å²) < 4.78 is 109. The number of aliphatic hydroxyl groups is 1. The van der Waals surface area contributed by atoms with Crippen molar-refractivity contribution in [3.05, 3.63) is 0 Å². The maximum absolute atomic E-state index is 15.6. The van der Waals surface area contributed by atoms with Crippen LogP contribution >= 0.6 is 30.4 Å². The highest BCUT2D eigenvalue weighted by Gasteiger charge is 2.72. The average molecular weight is 1130 g/mol. The van der Waals surface area contributed by atoms with Gasteiger partial charge in [-0.15, -0.1) is 0 Å². The molecule has 0 aromatic heterocycles. The van der Waals surface area contributed by atoms with Crippen LogP contribution in [0.4, 0.5) is 0 Å². The van der Waals surface area contributed by atoms with Gasteiger partial charge in [-0.2, -0.15) is 0 Å². The van der Waals surface area contributed by atoms with Gasteiger partial charge in [0, 0.05) is 12.8 Å². The third kappa shape index (κ3) is 18.2. The summed E-state index contributed by atoms with van der Waals surface area (Å²) in [7, 11) is -26.3. The molecule has 5 atom stereocenters. The van der Waals surface area contributed by atoms with Crippen LogP contribution in [-0.4, -0.2) is 139 Å². The van der Waals surface area contributed by atoms with Crippen molar-refractivity contribution in [2.24, 2.45) is 46.4 Å². The van der Waals surface area contributed by atoms with E-state index < -0.39 is 188 Å². The lowest BCUT2D eigenvalue weighted by atomic mass is 10.1. The highest BCUT2D eigenvalue weighted by atomic mass is 31.3. The Morgan fingerprint density at radius 1 is 0.486 bits per heavy atom. The van der Waals surface area contributed by atoms with Crippen LogP contribution < -0.4 is 28.7 Å². The van der Waals surface area contributed by atoms with E-state index in [4.69, 9.17) is 75.2 Å². The standard InChI is InChI=1S/C38H75N5O25P4/c1-22(2)25(41)28(44)65-34(7,8)31(47)59-19-62-71(57,63-20-60-32(48)35(9,10)66-29(45)26(42)23(3)4)37(50,15-13-17-39)72(58,68-38(16-14-18-40,69(51,52)53)70(54,55)56)64-21-61-33(49)36(11,12)67-30(46)27(43)24(5)6/h22-27,50H,13-21,39-43H2,1-12H3,(H2,51,52,53)(H2,54,55,56)/t25-,26-,27+,37?,72?/m1/s1. The molecule has 0 saturated heterocycles. The SMILES string of the molecule is CC(C)[C@H](N)C(=O)OC(C)(C)C(=O)OCOP(=O)(OC(CCCN)(P(=O)(O)O)P(=O)(O)O)C(O)(CCCN)P(=O)(OCOC(=O)C(C)(C)OC(=O)[C@H](N)C(C)C)OCOC(=O)C(C)(C)OC(=O)[C@H](N)C(C)C. The number of ether oxygens (including phenoxy) is 6. The summed E-state index contributed by atoms with van der Waals surface area (Å²) >= 11 is 0. The molecule has 0 rings (SSSR count). The molecule has 0 heterocycles. The second-order valence-corrected chi connectivity index (χ2v) is 27.4. The van der Waals surface area contributed by atoms with Crippen LogP contribution in [0.3, 0.4) is 0 Å². The first-order valence-electron chi connectivity index (χ1n) is 22.0. The van der Waals surface area contributed by atoms with Crippen LogP contribution in [0.1, 0.15) is 109 Å². The summed E-state index contributed by atoms with van der Waals surface area (Å²) in [6.07, 6.45) is -4.44. The van der Waals surface area contributed by atoms with E-state index in [0.29, 0.717) is 0 Å². The quantitative estimate of drug-likeness (QED) is 0.0190. The van der Waals surface area contributed by atoms with Gasteiger partial charge in [0.2, 0.25) is 37.2 Å². The van der Waals surface area contributed by atoms with E-state index in [9.17, 15) is 62.6 Å². The first-order chi connectivity index (χ1) is 32.4. The van der Waals surface area contributed by atoms with Gasteiger partial charge < -0.3 is 81.8 Å². The number of esters is 6. The molecule has 0 amide bonds. The van der Waals surface area contributed by atoms with Gasteiger partial charge in [-0.05, 0) is 85.2 Å². The van der Waals surface area contributed by atoms with Crippen LogP contribution in [-0.2, 0) is 93.5 Å². The van der Waals surface area contributed by atoms with Crippen LogP contribution in [0, 0.1) is 17.8 Å². The highest BCUT2D eigenvalue weighted by molar-refractivity contribution is 7.76. The predicted molar refractivity (Wildman–Crippen MR) is 250 cm³/mol. The zero-order valence-electron chi connectivity index (χ0n) is 42.4. The fourth-order valence-electron chi connectivity index (χ4n) is 5.22. The zero-order chi connectivity index (χ0) is 56.9. The van der Waals surface area contributed by atoms with Crippen molar-refractivity contribution in [3.63, 3.8) is 0 Å². The van der Waals surface area contributed by atoms with Gasteiger partial charge in [-0.25, -0.2) is 14.4 Å². The van der Waals surface area contributed by atoms with Crippen LogP contribution in [0.25, 0.3) is 0 Å². The Balaban J connectivity index is 8.13. The van der Waals surface area contributed by atoms with Gasteiger partial charge in [0.25, 0.3) is 10.2 Å². The molecule has 0 spiro atoms. The molecule has 0 aliphatic carbocycles. The maximum Gasteiger partial charge on any atom is 0.380 e. The number of carbonyl (C=O) groups excluding carboxylic acids is 6. The number of hydrogen-bond acceptors (Lipinski definition) is 26. The molecule has 0 aromatic carbocycles. The molecule has 34 heteroatoms. The van der Waals surface area contributed by atoms with E-state index >= 15 is 9.13 Å². The van der Waals surface area contributed by atoms with E-state index in [1.54, 1.807) is 41.5 Å². The molecular weight excluding hydrogens is 1050 g/mol. The van der Waals surface area contributed by atoms with Crippen molar-refractivity contribution >= 4 is 66.2 Å². The Bertz CT molecular complexity index is 1990. The molecule has 2 unspecified atom stereocenters. The maximum atomic E-state index is 15.6. The Labute approximate surface area is 417 Å². The fourth-order valence-corrected chi connectivity index (χ4v) is 13.6. The first kappa shape index (κ1) is 69.2. The normalized spacial score (nSPS) is 16.2. The summed E-state index contributed by atoms with van der Waals surface area (Å²) in [6, 6.07) is -3.78. The minimum absolute atomic E-state index is 0.488. The van der Waals surface area contributed by atoms with Gasteiger partial charge >= 0.3 is 66.2 Å². The van der Waals surface area contributed by atoms with Crippen molar-refractivity contribution in [2.75, 3.05) is 33.5 Å². The van der Waals surface area contributed by atoms with Crippen LogP contribution in [0.2, 0.25) is 0 Å². The van der Waals surface area contributed by atoms with E-state index in [2.05, 4.69) is 0 Å². The topological polar surface area (TPSA) is 494 Å². The third-order valence-corrected chi connectivity index (χ3v) is 20.1. The van der Waals surface area contributed by atoms with Gasteiger partial charge in [0.15, 0.2) is 0 Å². The highest BCUT2D eigenvalue weighted by Crippen LogP contribution is 2.84. The Hall–Kier alpha value is -2.82. The Morgan fingerprint density at radius 3 is 1.00 bits per heavy atom. The fraction of sp³-hybridized carbons (Fsp3) is 0.842. The lowest BCUT2D eigenvalue weighted by Crippen LogP contribution is -2.46. The molecular formula is C38H75N5O25P4. The van der Waals surface area contributed by atoms with Gasteiger partial charge in [-0.1, -0.05) is 41.5 Å². The molecule has 422 valence electrons. The van der Waals surface area contributed by atoms with Crippen molar-refractivity contribution in [2.45, 2.75) is 154 Å². The zero-order valence-corrected chi connectivity index (χ0v) is 46.0. The van der Waals surface area contributed by atoms with Crippen LogP contribution in [0.15, 0.2) is 0 Å². The second kappa shape index (κ2) is 27.3. The minimum Gasteiger partial charge on any atom is -0.446 e. The van der Waals surface area contributed by atoms with E-state index in [-0.39, 0.29) is 0 Å². The summed E-state index contributed by atoms with van der Waals surface area (Å²) in [5.41, 5.74) is 21.9. The molecule has 72 heavy (non-hydrogen) atoms. The molecule has 15 N–H and O–H groups in total. The number of rotatable bonds is 33. The Kier molecular flexibility index (Phi) is 26.2. The molecule has 0 aromatic rings. The number of hydrogen-bond donors (Lipinski definition) is 10. The monoisotopic (exact) mass is 1130 g/mol. The molecule has 0 fully saturated rings. The molecule has 0 bridgehead atoms. The van der Waals surface area contributed by atoms with Crippen molar-refractivity contribution < 1.29 is 118 Å². The van der Waals surface area contributed by atoms with Crippen molar-refractivity contribution in [1.29, 1.82) is 0 Å². The molecule has 0 aliphatic rings. The van der Waals surface area contributed by atoms with E-state index in [1.165, 1.54) is 0 Å². The summed E-state index contributed by atoms with van der Waals surface area (Å²) in [6.45, 7) is 8.86. The third-order valence-electron chi connectivity index (χ3n) is 10.2. The van der Waals surface area contributed by atoms with Crippen LogP contribution in [0.5, 0.6) is 0 Å². The predicted octanol–water partition coefficient (Wildman–Crippen LogP) is 0.990. The van der Waals surface area contributed by atoms with Gasteiger partial charge in [-0.3, -0.25) is 50.7 Å². The second-order valence-electron chi connectivity index (χ2n) is 18.6. The molecule has 0 saturated carbocycles. The number of nitrogens with two attached hydrogens (primary N) is 5. The summed E-state index contributed by atoms with van der Waals surface area (Å²) in [5, 5.41) is 4.08. The molecule has 30 nitrogen and oxygen atoms in total. The number of carbonyl (C=O) groups is 6. The van der Waals surface area contributed by atoms with Crippen molar-refractivity contribution in [1.82, 2.24) is 0 Å².